The zero-order chi connectivity index (χ0) is 18.1. The first-order chi connectivity index (χ1) is 12.6. The number of carbonyl (C=O) groups excluding carboxylic acids is 2. The second kappa shape index (κ2) is 6.90. The first kappa shape index (κ1) is 16.8. The topological polar surface area (TPSA) is 59.3 Å². The quantitative estimate of drug-likeness (QED) is 0.424. The SMILES string of the molecule is O=C(Nc1c(C(=O)c2ccc(Br)cc2)oc2ccccc12)c1cccs1. The largest absolute Gasteiger partial charge is 0.450 e. The van der Waals surface area contributed by atoms with E-state index >= 15 is 0 Å². The Balaban J connectivity index is 1.80. The number of hydrogen-bond acceptors (Lipinski definition) is 4. The Morgan fingerprint density at radius 2 is 1.73 bits per heavy atom. The average Bonchev–Trinajstić information content (AvgIpc) is 3.30. The maximum atomic E-state index is 13.0. The fourth-order valence-corrected chi connectivity index (χ4v) is 3.53. The van der Waals surface area contributed by atoms with Gasteiger partial charge in [0, 0.05) is 15.4 Å². The second-order valence-corrected chi connectivity index (χ2v) is 7.43. The van der Waals surface area contributed by atoms with Crippen LogP contribution in [0.1, 0.15) is 25.8 Å². The van der Waals surface area contributed by atoms with Gasteiger partial charge in [-0.15, -0.1) is 11.3 Å². The van der Waals surface area contributed by atoms with E-state index in [0.29, 0.717) is 27.1 Å². The summed E-state index contributed by atoms with van der Waals surface area (Å²) < 4.78 is 6.67. The van der Waals surface area contributed by atoms with Crippen LogP contribution in [0.3, 0.4) is 0 Å². The highest BCUT2D eigenvalue weighted by molar-refractivity contribution is 9.10. The third kappa shape index (κ3) is 3.09. The standard InChI is InChI=1S/C20H12BrNO3S/c21-13-9-7-12(8-10-13)18(23)19-17(14-4-1-2-5-15(14)25-19)22-20(24)16-6-3-11-26-16/h1-11H,(H,22,24). The lowest BCUT2D eigenvalue weighted by Gasteiger charge is -2.05. The number of halogens is 1. The molecule has 0 saturated heterocycles. The van der Waals surface area contributed by atoms with Gasteiger partial charge in [0.25, 0.3) is 5.91 Å². The Morgan fingerprint density at radius 1 is 0.962 bits per heavy atom. The van der Waals surface area contributed by atoms with E-state index in [2.05, 4.69) is 21.2 Å². The van der Waals surface area contributed by atoms with Gasteiger partial charge in [-0.2, -0.15) is 0 Å². The zero-order valence-corrected chi connectivity index (χ0v) is 15.8. The van der Waals surface area contributed by atoms with Crippen molar-refractivity contribution in [2.75, 3.05) is 5.32 Å². The summed E-state index contributed by atoms with van der Waals surface area (Å²) in [5, 5.41) is 5.37. The van der Waals surface area contributed by atoms with Gasteiger partial charge < -0.3 is 9.73 Å². The second-order valence-electron chi connectivity index (χ2n) is 5.57. The summed E-state index contributed by atoms with van der Waals surface area (Å²) in [4.78, 5) is 26.0. The number of furan rings is 1. The Hall–Kier alpha value is -2.70. The van der Waals surface area contributed by atoms with Crippen molar-refractivity contribution < 1.29 is 14.0 Å². The van der Waals surface area contributed by atoms with Gasteiger partial charge in [0.15, 0.2) is 5.76 Å². The highest BCUT2D eigenvalue weighted by Crippen LogP contribution is 2.33. The molecule has 0 unspecified atom stereocenters. The van der Waals surface area contributed by atoms with Crippen LogP contribution in [-0.2, 0) is 0 Å². The molecule has 6 heteroatoms. The minimum absolute atomic E-state index is 0.124. The highest BCUT2D eigenvalue weighted by Gasteiger charge is 2.23. The van der Waals surface area contributed by atoms with E-state index in [0.717, 1.165) is 4.47 Å². The maximum Gasteiger partial charge on any atom is 0.265 e. The summed E-state index contributed by atoms with van der Waals surface area (Å²) in [5.41, 5.74) is 1.43. The number of thiophene rings is 1. The molecule has 2 aromatic carbocycles. The van der Waals surface area contributed by atoms with Crippen molar-refractivity contribution in [1.29, 1.82) is 0 Å². The molecule has 128 valence electrons. The molecular weight excluding hydrogens is 414 g/mol. The van der Waals surface area contributed by atoms with E-state index in [-0.39, 0.29) is 17.5 Å². The van der Waals surface area contributed by atoms with Gasteiger partial charge in [-0.05, 0) is 47.8 Å². The minimum Gasteiger partial charge on any atom is -0.450 e. The molecule has 0 spiro atoms. The predicted molar refractivity (Wildman–Crippen MR) is 106 cm³/mol. The summed E-state index contributed by atoms with van der Waals surface area (Å²) in [6, 6.07) is 17.8. The lowest BCUT2D eigenvalue weighted by atomic mass is 10.1. The summed E-state index contributed by atoms with van der Waals surface area (Å²) in [6.07, 6.45) is 0. The van der Waals surface area contributed by atoms with E-state index in [1.165, 1.54) is 11.3 Å². The molecule has 4 rings (SSSR count). The van der Waals surface area contributed by atoms with Gasteiger partial charge >= 0.3 is 0 Å². The van der Waals surface area contributed by atoms with E-state index in [4.69, 9.17) is 4.42 Å². The number of rotatable bonds is 4. The van der Waals surface area contributed by atoms with Crippen molar-refractivity contribution in [3.63, 3.8) is 0 Å². The summed E-state index contributed by atoms with van der Waals surface area (Å²) in [5.74, 6) is -0.426. The number of fused-ring (bicyclic) bond motifs is 1. The smallest absolute Gasteiger partial charge is 0.265 e. The Morgan fingerprint density at radius 3 is 2.46 bits per heavy atom. The molecule has 2 aromatic heterocycles. The van der Waals surface area contributed by atoms with Crippen LogP contribution in [0.25, 0.3) is 11.0 Å². The third-order valence-electron chi connectivity index (χ3n) is 3.89. The van der Waals surface area contributed by atoms with Gasteiger partial charge in [-0.25, -0.2) is 0 Å². The van der Waals surface area contributed by atoms with Crippen LogP contribution in [0.2, 0.25) is 0 Å². The van der Waals surface area contributed by atoms with Crippen LogP contribution in [0.5, 0.6) is 0 Å². The van der Waals surface area contributed by atoms with Crippen LogP contribution >= 0.6 is 27.3 Å². The van der Waals surface area contributed by atoms with Crippen molar-refractivity contribution in [3.05, 3.63) is 86.7 Å². The van der Waals surface area contributed by atoms with Crippen LogP contribution in [0.4, 0.5) is 5.69 Å². The van der Waals surface area contributed by atoms with Crippen molar-refractivity contribution in [3.8, 4) is 0 Å². The molecule has 0 saturated carbocycles. The van der Waals surface area contributed by atoms with Gasteiger partial charge in [-0.3, -0.25) is 9.59 Å². The Bertz CT molecular complexity index is 1100. The number of carbonyl (C=O) groups is 2. The molecule has 2 heterocycles. The van der Waals surface area contributed by atoms with Gasteiger partial charge in [0.05, 0.1) is 10.6 Å². The molecule has 0 bridgehead atoms. The van der Waals surface area contributed by atoms with Gasteiger partial charge in [0.2, 0.25) is 5.78 Å². The van der Waals surface area contributed by atoms with E-state index < -0.39 is 0 Å². The lowest BCUT2D eigenvalue weighted by Crippen LogP contribution is -2.13. The number of ketones is 1. The zero-order valence-electron chi connectivity index (χ0n) is 13.4. The first-order valence-electron chi connectivity index (χ1n) is 7.80. The average molecular weight is 426 g/mol. The van der Waals surface area contributed by atoms with Crippen LogP contribution < -0.4 is 5.32 Å². The number of para-hydroxylation sites is 1. The number of hydrogen-bond donors (Lipinski definition) is 1. The highest BCUT2D eigenvalue weighted by atomic mass is 79.9. The monoisotopic (exact) mass is 425 g/mol. The van der Waals surface area contributed by atoms with Crippen LogP contribution in [-0.4, -0.2) is 11.7 Å². The molecule has 4 aromatic rings. The van der Waals surface area contributed by atoms with E-state index in [9.17, 15) is 9.59 Å². The van der Waals surface area contributed by atoms with E-state index in [1.807, 2.05) is 23.6 Å². The minimum atomic E-state index is -0.282. The lowest BCUT2D eigenvalue weighted by molar-refractivity contribution is 0.101. The molecule has 0 aliphatic carbocycles. The summed E-state index contributed by atoms with van der Waals surface area (Å²) in [7, 11) is 0. The van der Waals surface area contributed by atoms with Gasteiger partial charge in [-0.1, -0.05) is 34.1 Å². The van der Waals surface area contributed by atoms with Crippen molar-refractivity contribution in [1.82, 2.24) is 0 Å². The molecule has 26 heavy (non-hydrogen) atoms. The number of nitrogens with one attached hydrogen (secondary N) is 1. The molecule has 0 atom stereocenters. The molecule has 1 N–H and O–H groups in total. The number of amides is 1. The summed E-state index contributed by atoms with van der Waals surface area (Å²) >= 11 is 4.70. The first-order valence-corrected chi connectivity index (χ1v) is 9.47. The molecule has 1 amide bonds. The van der Waals surface area contributed by atoms with Crippen LogP contribution in [0, 0.1) is 0 Å². The van der Waals surface area contributed by atoms with Crippen molar-refractivity contribution in [2.45, 2.75) is 0 Å². The Labute approximate surface area is 161 Å². The predicted octanol–water partition coefficient (Wildman–Crippen LogP) is 5.74. The number of benzene rings is 2. The fourth-order valence-electron chi connectivity index (χ4n) is 2.64. The molecule has 0 radical (unpaired) electrons. The van der Waals surface area contributed by atoms with Crippen LogP contribution in [0.15, 0.2) is 74.9 Å². The third-order valence-corrected chi connectivity index (χ3v) is 5.29. The summed E-state index contributed by atoms with van der Waals surface area (Å²) in [6.45, 7) is 0. The normalized spacial score (nSPS) is 10.8. The fraction of sp³-hybridized carbons (Fsp3) is 0. The van der Waals surface area contributed by atoms with E-state index in [1.54, 1.807) is 42.5 Å². The maximum absolute atomic E-state index is 13.0. The van der Waals surface area contributed by atoms with Crippen molar-refractivity contribution in [2.24, 2.45) is 0 Å². The molecular formula is C20H12BrNO3S. The molecule has 4 nitrogen and oxygen atoms in total. The molecule has 0 aliphatic heterocycles. The van der Waals surface area contributed by atoms with Crippen molar-refractivity contribution >= 4 is 55.6 Å². The molecule has 0 aliphatic rings. The van der Waals surface area contributed by atoms with Gasteiger partial charge in [0.1, 0.15) is 5.58 Å². The Kier molecular flexibility index (Phi) is 4.44. The molecule has 0 fully saturated rings. The number of anilines is 1.